The average Bonchev–Trinajstić information content (AvgIpc) is 3.07. The number of thiazole rings is 1. The topological polar surface area (TPSA) is 64.1 Å². The standard InChI is InChI=1S/C17H15N3O2S/c1-22-20-16(21)10-12-2-4-13(5-3-12)15-11-23-17(19-15)14-6-8-18-9-7-14/h2-9,11H,10H2,1H3,(H,20,21). The summed E-state index contributed by atoms with van der Waals surface area (Å²) in [6.07, 6.45) is 3.81. The summed E-state index contributed by atoms with van der Waals surface area (Å²) in [6.45, 7) is 0. The van der Waals surface area contributed by atoms with Gasteiger partial charge in [-0.05, 0) is 17.7 Å². The van der Waals surface area contributed by atoms with E-state index in [1.165, 1.54) is 7.11 Å². The van der Waals surface area contributed by atoms with Crippen molar-refractivity contribution in [2.45, 2.75) is 6.42 Å². The van der Waals surface area contributed by atoms with E-state index in [1.54, 1.807) is 23.7 Å². The molecule has 116 valence electrons. The van der Waals surface area contributed by atoms with E-state index in [0.717, 1.165) is 27.4 Å². The van der Waals surface area contributed by atoms with Crippen LogP contribution in [0.15, 0.2) is 54.2 Å². The summed E-state index contributed by atoms with van der Waals surface area (Å²) in [5.74, 6) is -0.172. The summed E-state index contributed by atoms with van der Waals surface area (Å²) in [4.78, 5) is 24.8. The van der Waals surface area contributed by atoms with Gasteiger partial charge in [0.2, 0.25) is 5.91 Å². The molecule has 0 saturated heterocycles. The van der Waals surface area contributed by atoms with Crippen molar-refractivity contribution in [1.82, 2.24) is 15.4 Å². The van der Waals surface area contributed by atoms with Crippen LogP contribution in [0.25, 0.3) is 21.8 Å². The number of hydrogen-bond donors (Lipinski definition) is 1. The maximum Gasteiger partial charge on any atom is 0.247 e. The smallest absolute Gasteiger partial charge is 0.247 e. The number of hydrogen-bond acceptors (Lipinski definition) is 5. The number of amides is 1. The van der Waals surface area contributed by atoms with E-state index < -0.39 is 0 Å². The Morgan fingerprint density at radius 1 is 1.13 bits per heavy atom. The normalized spacial score (nSPS) is 10.5. The lowest BCUT2D eigenvalue weighted by molar-refractivity contribution is -0.130. The van der Waals surface area contributed by atoms with E-state index in [0.29, 0.717) is 0 Å². The van der Waals surface area contributed by atoms with Gasteiger partial charge in [0.05, 0.1) is 19.2 Å². The van der Waals surface area contributed by atoms with Gasteiger partial charge in [0.15, 0.2) is 0 Å². The first-order valence-electron chi connectivity index (χ1n) is 7.03. The Morgan fingerprint density at radius 2 is 1.87 bits per heavy atom. The number of aromatic nitrogens is 2. The van der Waals surface area contributed by atoms with E-state index in [2.05, 4.69) is 20.3 Å². The van der Waals surface area contributed by atoms with Crippen molar-refractivity contribution in [3.63, 3.8) is 0 Å². The van der Waals surface area contributed by atoms with Gasteiger partial charge in [-0.25, -0.2) is 10.5 Å². The molecule has 0 bridgehead atoms. The summed E-state index contributed by atoms with van der Waals surface area (Å²) in [5.41, 5.74) is 6.24. The third-order valence-corrected chi connectivity index (χ3v) is 4.15. The number of rotatable bonds is 5. The molecule has 1 amide bonds. The van der Waals surface area contributed by atoms with Gasteiger partial charge in [-0.15, -0.1) is 11.3 Å². The highest BCUT2D eigenvalue weighted by Crippen LogP contribution is 2.28. The van der Waals surface area contributed by atoms with Crippen LogP contribution in [0, 0.1) is 0 Å². The van der Waals surface area contributed by atoms with Crippen molar-refractivity contribution in [3.05, 3.63) is 59.7 Å². The van der Waals surface area contributed by atoms with E-state index in [9.17, 15) is 4.79 Å². The van der Waals surface area contributed by atoms with Crippen LogP contribution in [0.3, 0.4) is 0 Å². The Balaban J connectivity index is 1.75. The lowest BCUT2D eigenvalue weighted by Gasteiger charge is -2.03. The van der Waals surface area contributed by atoms with Crippen LogP contribution in [0.2, 0.25) is 0 Å². The Labute approximate surface area is 137 Å². The number of hydroxylamine groups is 1. The maximum absolute atomic E-state index is 11.5. The van der Waals surface area contributed by atoms with E-state index in [1.807, 2.05) is 41.8 Å². The first-order chi connectivity index (χ1) is 11.3. The number of nitrogens with one attached hydrogen (secondary N) is 1. The molecular weight excluding hydrogens is 310 g/mol. The Hall–Kier alpha value is -2.57. The van der Waals surface area contributed by atoms with Gasteiger partial charge in [0, 0.05) is 28.9 Å². The molecule has 0 aliphatic carbocycles. The molecule has 1 aromatic carbocycles. The summed E-state index contributed by atoms with van der Waals surface area (Å²) < 4.78 is 0. The Bertz CT molecular complexity index is 785. The van der Waals surface area contributed by atoms with E-state index in [4.69, 9.17) is 0 Å². The Kier molecular flexibility index (Phi) is 4.75. The minimum Gasteiger partial charge on any atom is -0.277 e. The van der Waals surface area contributed by atoms with Gasteiger partial charge < -0.3 is 0 Å². The van der Waals surface area contributed by atoms with E-state index >= 15 is 0 Å². The highest BCUT2D eigenvalue weighted by Gasteiger charge is 2.07. The zero-order valence-corrected chi connectivity index (χ0v) is 13.3. The molecule has 0 saturated carbocycles. The molecule has 0 unspecified atom stereocenters. The molecule has 3 rings (SSSR count). The van der Waals surface area contributed by atoms with Gasteiger partial charge in [0.1, 0.15) is 5.01 Å². The number of benzene rings is 1. The molecule has 2 heterocycles. The van der Waals surface area contributed by atoms with Crippen LogP contribution in [-0.2, 0) is 16.1 Å². The minimum absolute atomic E-state index is 0.172. The number of carbonyl (C=O) groups is 1. The second-order valence-electron chi connectivity index (χ2n) is 4.88. The van der Waals surface area contributed by atoms with Gasteiger partial charge in [0.25, 0.3) is 0 Å². The second kappa shape index (κ2) is 7.13. The molecule has 6 heteroatoms. The predicted octanol–water partition coefficient (Wildman–Crippen LogP) is 3.09. The number of carbonyl (C=O) groups excluding carboxylic acids is 1. The minimum atomic E-state index is -0.172. The van der Waals surface area contributed by atoms with Crippen LogP contribution in [0.5, 0.6) is 0 Å². The van der Waals surface area contributed by atoms with Crippen molar-refractivity contribution in [1.29, 1.82) is 0 Å². The molecule has 0 spiro atoms. The Morgan fingerprint density at radius 3 is 2.57 bits per heavy atom. The molecule has 0 aliphatic heterocycles. The van der Waals surface area contributed by atoms with Gasteiger partial charge in [-0.2, -0.15) is 0 Å². The molecule has 0 radical (unpaired) electrons. The van der Waals surface area contributed by atoms with Gasteiger partial charge in [-0.3, -0.25) is 14.6 Å². The summed E-state index contributed by atoms with van der Waals surface area (Å²) in [5, 5.41) is 2.99. The molecule has 0 aliphatic rings. The van der Waals surface area contributed by atoms with Crippen LogP contribution in [0.1, 0.15) is 5.56 Å². The quantitative estimate of drug-likeness (QED) is 0.732. The molecule has 1 N–H and O–H groups in total. The molecule has 3 aromatic rings. The lowest BCUT2D eigenvalue weighted by Crippen LogP contribution is -2.23. The van der Waals surface area contributed by atoms with Gasteiger partial charge in [-0.1, -0.05) is 24.3 Å². The molecule has 5 nitrogen and oxygen atoms in total. The van der Waals surface area contributed by atoms with Crippen LogP contribution >= 0.6 is 11.3 Å². The fourth-order valence-electron chi connectivity index (χ4n) is 2.16. The fraction of sp³-hybridized carbons (Fsp3) is 0.118. The first kappa shape index (κ1) is 15.3. The molecular formula is C17H15N3O2S. The SMILES string of the molecule is CONC(=O)Cc1ccc(-c2csc(-c3ccncc3)n2)cc1. The number of nitrogens with zero attached hydrogens (tertiary/aromatic N) is 2. The molecule has 0 fully saturated rings. The van der Waals surface area contributed by atoms with Crippen molar-refractivity contribution < 1.29 is 9.63 Å². The molecule has 0 atom stereocenters. The monoisotopic (exact) mass is 325 g/mol. The predicted molar refractivity (Wildman–Crippen MR) is 89.6 cm³/mol. The molecule has 2 aromatic heterocycles. The van der Waals surface area contributed by atoms with Crippen LogP contribution in [0.4, 0.5) is 0 Å². The van der Waals surface area contributed by atoms with Crippen molar-refractivity contribution >= 4 is 17.2 Å². The highest BCUT2D eigenvalue weighted by molar-refractivity contribution is 7.13. The van der Waals surface area contributed by atoms with Crippen molar-refractivity contribution in [2.75, 3.05) is 7.11 Å². The lowest BCUT2D eigenvalue weighted by atomic mass is 10.1. The maximum atomic E-state index is 11.5. The number of pyridine rings is 1. The summed E-state index contributed by atoms with van der Waals surface area (Å²) in [7, 11) is 1.42. The summed E-state index contributed by atoms with van der Waals surface area (Å²) in [6, 6.07) is 11.7. The van der Waals surface area contributed by atoms with Crippen LogP contribution < -0.4 is 5.48 Å². The zero-order valence-electron chi connectivity index (χ0n) is 12.5. The average molecular weight is 325 g/mol. The van der Waals surface area contributed by atoms with E-state index in [-0.39, 0.29) is 12.3 Å². The third kappa shape index (κ3) is 3.80. The van der Waals surface area contributed by atoms with Crippen molar-refractivity contribution in [2.24, 2.45) is 0 Å². The second-order valence-corrected chi connectivity index (χ2v) is 5.73. The fourth-order valence-corrected chi connectivity index (χ4v) is 3.00. The largest absolute Gasteiger partial charge is 0.277 e. The summed E-state index contributed by atoms with van der Waals surface area (Å²) >= 11 is 1.60. The van der Waals surface area contributed by atoms with Crippen molar-refractivity contribution in [3.8, 4) is 21.8 Å². The van der Waals surface area contributed by atoms with Gasteiger partial charge >= 0.3 is 0 Å². The first-order valence-corrected chi connectivity index (χ1v) is 7.91. The highest BCUT2D eigenvalue weighted by atomic mass is 32.1. The zero-order chi connectivity index (χ0) is 16.1. The molecule has 23 heavy (non-hydrogen) atoms. The van der Waals surface area contributed by atoms with Crippen LogP contribution in [-0.4, -0.2) is 23.0 Å². The third-order valence-electron chi connectivity index (χ3n) is 3.26.